The maximum Gasteiger partial charge on any atom is 0.147 e. The topological polar surface area (TPSA) is 58.0 Å². The van der Waals surface area contributed by atoms with E-state index >= 15 is 0 Å². The monoisotopic (exact) mass is 282 g/mol. The first kappa shape index (κ1) is 12.5. The van der Waals surface area contributed by atoms with Gasteiger partial charge in [0.05, 0.1) is 6.20 Å². The molecule has 2 fully saturated rings. The van der Waals surface area contributed by atoms with E-state index in [1.165, 1.54) is 0 Å². The summed E-state index contributed by atoms with van der Waals surface area (Å²) in [5, 5.41) is 0. The Morgan fingerprint density at radius 1 is 0.905 bits per heavy atom. The van der Waals surface area contributed by atoms with Gasteiger partial charge in [-0.25, -0.2) is 15.0 Å². The number of aromatic nitrogens is 4. The molecule has 0 saturated carbocycles. The van der Waals surface area contributed by atoms with E-state index in [0.717, 1.165) is 43.4 Å². The number of fused-ring (bicyclic) bond motifs is 1. The van der Waals surface area contributed by atoms with Crippen LogP contribution in [0.4, 0.5) is 11.6 Å². The number of nitrogens with zero attached hydrogens (tertiary/aromatic N) is 6. The van der Waals surface area contributed by atoms with E-state index < -0.39 is 0 Å². The molecule has 0 aromatic carbocycles. The summed E-state index contributed by atoms with van der Waals surface area (Å²) in [7, 11) is 0. The highest BCUT2D eigenvalue weighted by molar-refractivity contribution is 5.47. The lowest BCUT2D eigenvalue weighted by Crippen LogP contribution is -2.30. The van der Waals surface area contributed by atoms with Crippen molar-refractivity contribution in [3.8, 4) is 0 Å². The quantitative estimate of drug-likeness (QED) is 0.823. The first-order chi connectivity index (χ1) is 10.3. The van der Waals surface area contributed by atoms with Gasteiger partial charge in [0.15, 0.2) is 0 Å². The van der Waals surface area contributed by atoms with E-state index in [4.69, 9.17) is 0 Å². The molecule has 2 aliphatic rings. The maximum atomic E-state index is 4.44. The molecule has 0 spiro atoms. The zero-order valence-corrected chi connectivity index (χ0v) is 12.1. The van der Waals surface area contributed by atoms with Gasteiger partial charge in [-0.1, -0.05) is 0 Å². The minimum atomic E-state index is 0.682. The molecule has 21 heavy (non-hydrogen) atoms. The number of rotatable bonds is 2. The molecule has 2 saturated heterocycles. The van der Waals surface area contributed by atoms with Crippen molar-refractivity contribution in [3.05, 3.63) is 36.7 Å². The molecule has 2 aromatic rings. The second-order valence-corrected chi connectivity index (χ2v) is 5.92. The molecule has 4 rings (SSSR count). The van der Waals surface area contributed by atoms with E-state index in [1.807, 2.05) is 12.4 Å². The van der Waals surface area contributed by atoms with Gasteiger partial charge < -0.3 is 9.80 Å². The van der Waals surface area contributed by atoms with Gasteiger partial charge in [-0.2, -0.15) is 0 Å². The van der Waals surface area contributed by atoms with Crippen LogP contribution in [0.2, 0.25) is 0 Å². The Bertz CT molecular complexity index is 617. The third-order valence-corrected chi connectivity index (χ3v) is 4.53. The van der Waals surface area contributed by atoms with Gasteiger partial charge >= 0.3 is 0 Å². The van der Waals surface area contributed by atoms with Crippen LogP contribution in [0.25, 0.3) is 0 Å². The number of aryl methyl sites for hydroxylation is 1. The highest BCUT2D eigenvalue weighted by Gasteiger charge is 2.41. The second-order valence-electron chi connectivity index (χ2n) is 5.92. The molecule has 2 atom stereocenters. The number of hydrogen-bond donors (Lipinski definition) is 0. The Morgan fingerprint density at radius 3 is 2.33 bits per heavy atom. The Hall–Kier alpha value is -2.24. The summed E-state index contributed by atoms with van der Waals surface area (Å²) in [4.78, 5) is 21.9. The molecule has 0 bridgehead atoms. The van der Waals surface area contributed by atoms with Crippen molar-refractivity contribution in [1.29, 1.82) is 0 Å². The summed E-state index contributed by atoms with van der Waals surface area (Å²) in [6.07, 6.45) is 8.87. The van der Waals surface area contributed by atoms with Crippen LogP contribution in [0.15, 0.2) is 31.1 Å². The number of anilines is 2. The molecular formula is C15H18N6. The van der Waals surface area contributed by atoms with Crippen molar-refractivity contribution in [2.45, 2.75) is 6.92 Å². The maximum absolute atomic E-state index is 4.44. The lowest BCUT2D eigenvalue weighted by atomic mass is 10.0. The van der Waals surface area contributed by atoms with Crippen molar-refractivity contribution in [2.75, 3.05) is 36.0 Å². The summed E-state index contributed by atoms with van der Waals surface area (Å²) in [6, 6.07) is 0. The van der Waals surface area contributed by atoms with Gasteiger partial charge in [-0.15, -0.1) is 0 Å². The molecule has 0 N–H and O–H groups in total. The van der Waals surface area contributed by atoms with Crippen molar-refractivity contribution < 1.29 is 0 Å². The van der Waals surface area contributed by atoms with Crippen LogP contribution in [-0.2, 0) is 0 Å². The van der Waals surface area contributed by atoms with E-state index in [0.29, 0.717) is 11.8 Å². The third kappa shape index (κ3) is 2.20. The van der Waals surface area contributed by atoms with E-state index in [1.54, 1.807) is 18.7 Å². The standard InChI is InChI=1S/C15H18N6/c1-11-4-17-10-19-15(11)21-8-12-6-20(7-13(12)9-21)14-5-16-2-3-18-14/h2-5,10,12-13H,6-9H2,1H3. The van der Waals surface area contributed by atoms with Crippen LogP contribution in [-0.4, -0.2) is 46.1 Å². The Balaban J connectivity index is 1.48. The molecule has 0 radical (unpaired) electrons. The normalized spacial score (nSPS) is 24.4. The molecule has 2 unspecified atom stereocenters. The van der Waals surface area contributed by atoms with Crippen molar-refractivity contribution in [2.24, 2.45) is 11.8 Å². The predicted molar refractivity (Wildman–Crippen MR) is 80.2 cm³/mol. The van der Waals surface area contributed by atoms with Crippen LogP contribution in [0, 0.1) is 18.8 Å². The lowest BCUT2D eigenvalue weighted by molar-refractivity contribution is 0.533. The zero-order valence-electron chi connectivity index (χ0n) is 12.1. The van der Waals surface area contributed by atoms with Crippen LogP contribution in [0.3, 0.4) is 0 Å². The SMILES string of the molecule is Cc1cncnc1N1CC2CN(c3cnccn3)CC2C1. The smallest absolute Gasteiger partial charge is 0.147 e. The van der Waals surface area contributed by atoms with Crippen molar-refractivity contribution in [3.63, 3.8) is 0 Å². The van der Waals surface area contributed by atoms with Gasteiger partial charge in [0, 0.05) is 62.2 Å². The van der Waals surface area contributed by atoms with Gasteiger partial charge in [-0.3, -0.25) is 4.98 Å². The van der Waals surface area contributed by atoms with Crippen LogP contribution in [0.5, 0.6) is 0 Å². The molecule has 4 heterocycles. The van der Waals surface area contributed by atoms with Crippen LogP contribution < -0.4 is 9.80 Å². The molecule has 108 valence electrons. The summed E-state index contributed by atoms with van der Waals surface area (Å²) in [6.45, 7) is 6.34. The molecule has 2 aromatic heterocycles. The van der Waals surface area contributed by atoms with E-state index in [9.17, 15) is 0 Å². The fourth-order valence-corrected chi connectivity index (χ4v) is 3.53. The Labute approximate surface area is 123 Å². The van der Waals surface area contributed by atoms with Gasteiger partial charge in [-0.05, 0) is 6.92 Å². The van der Waals surface area contributed by atoms with Crippen LogP contribution in [0.1, 0.15) is 5.56 Å². The fraction of sp³-hybridized carbons (Fsp3) is 0.467. The molecule has 6 heteroatoms. The summed E-state index contributed by atoms with van der Waals surface area (Å²) < 4.78 is 0. The first-order valence-electron chi connectivity index (χ1n) is 7.34. The zero-order chi connectivity index (χ0) is 14.2. The minimum absolute atomic E-state index is 0.682. The largest absolute Gasteiger partial charge is 0.356 e. The van der Waals surface area contributed by atoms with Gasteiger partial charge in [0.2, 0.25) is 0 Å². The molecule has 2 aliphatic heterocycles. The number of hydrogen-bond acceptors (Lipinski definition) is 6. The fourth-order valence-electron chi connectivity index (χ4n) is 3.53. The lowest BCUT2D eigenvalue weighted by Gasteiger charge is -2.23. The average molecular weight is 282 g/mol. The van der Waals surface area contributed by atoms with Crippen molar-refractivity contribution in [1.82, 2.24) is 19.9 Å². The van der Waals surface area contributed by atoms with E-state index in [-0.39, 0.29) is 0 Å². The summed E-state index contributed by atoms with van der Waals surface area (Å²) in [5.74, 6) is 3.45. The molecular weight excluding hydrogens is 264 g/mol. The molecule has 6 nitrogen and oxygen atoms in total. The third-order valence-electron chi connectivity index (χ3n) is 4.53. The van der Waals surface area contributed by atoms with Gasteiger partial charge in [0.25, 0.3) is 0 Å². The minimum Gasteiger partial charge on any atom is -0.356 e. The highest BCUT2D eigenvalue weighted by Crippen LogP contribution is 2.35. The highest BCUT2D eigenvalue weighted by atomic mass is 15.3. The second kappa shape index (κ2) is 4.95. The average Bonchev–Trinajstić information content (AvgIpc) is 3.07. The van der Waals surface area contributed by atoms with Crippen LogP contribution >= 0.6 is 0 Å². The van der Waals surface area contributed by atoms with Gasteiger partial charge in [0.1, 0.15) is 18.0 Å². The first-order valence-corrected chi connectivity index (χ1v) is 7.34. The summed E-state index contributed by atoms with van der Waals surface area (Å²) >= 11 is 0. The Kier molecular flexibility index (Phi) is 2.94. The Morgan fingerprint density at radius 2 is 1.67 bits per heavy atom. The molecule has 0 amide bonds. The van der Waals surface area contributed by atoms with Crippen molar-refractivity contribution >= 4 is 11.6 Å². The predicted octanol–water partition coefficient (Wildman–Crippen LogP) is 1.15. The molecule has 0 aliphatic carbocycles. The van der Waals surface area contributed by atoms with E-state index in [2.05, 4.69) is 36.7 Å². The summed E-state index contributed by atoms with van der Waals surface area (Å²) in [5.41, 5.74) is 1.16.